The van der Waals surface area contributed by atoms with E-state index in [1.807, 2.05) is 19.9 Å². The molecule has 2 aliphatic rings. The number of rotatable bonds is 4. The Morgan fingerprint density at radius 2 is 2.05 bits per heavy atom. The summed E-state index contributed by atoms with van der Waals surface area (Å²) in [5, 5.41) is 3.35. The minimum Gasteiger partial charge on any atom is -0.450 e. The lowest BCUT2D eigenvalue weighted by molar-refractivity contribution is 0.105. The standard InChI is InChI=1S/C15H23N5O2/c1-3-22-15(21)20-8-6-19(7-9-20)13-10-11(2)16-14(18-13)17-12-4-5-12/h10,12H,3-9H2,1-2H3,(H,16,17,18). The van der Waals surface area contributed by atoms with Gasteiger partial charge in [0.15, 0.2) is 0 Å². The Balaban J connectivity index is 1.62. The quantitative estimate of drug-likeness (QED) is 0.912. The van der Waals surface area contributed by atoms with Crippen LogP contribution in [0.1, 0.15) is 25.5 Å². The Morgan fingerprint density at radius 3 is 2.68 bits per heavy atom. The first-order valence-electron chi connectivity index (χ1n) is 7.94. The molecule has 0 unspecified atom stereocenters. The van der Waals surface area contributed by atoms with Gasteiger partial charge in [0.05, 0.1) is 6.61 Å². The molecule has 1 N–H and O–H groups in total. The Labute approximate surface area is 130 Å². The summed E-state index contributed by atoms with van der Waals surface area (Å²) >= 11 is 0. The Bertz CT molecular complexity index is 539. The maximum Gasteiger partial charge on any atom is 0.409 e. The van der Waals surface area contributed by atoms with Crippen LogP contribution in [0.4, 0.5) is 16.6 Å². The zero-order valence-corrected chi connectivity index (χ0v) is 13.2. The summed E-state index contributed by atoms with van der Waals surface area (Å²) in [7, 11) is 0. The highest BCUT2D eigenvalue weighted by Crippen LogP contribution is 2.24. The Kier molecular flexibility index (Phi) is 4.31. The molecule has 0 spiro atoms. The average Bonchev–Trinajstić information content (AvgIpc) is 3.31. The first-order chi connectivity index (χ1) is 10.7. The van der Waals surface area contributed by atoms with Gasteiger partial charge in [0.2, 0.25) is 5.95 Å². The van der Waals surface area contributed by atoms with Crippen LogP contribution in [0.5, 0.6) is 0 Å². The lowest BCUT2D eigenvalue weighted by atomic mass is 10.3. The van der Waals surface area contributed by atoms with Gasteiger partial charge in [-0.1, -0.05) is 0 Å². The molecule has 2 fully saturated rings. The van der Waals surface area contributed by atoms with Crippen LogP contribution in [0.15, 0.2) is 6.07 Å². The smallest absolute Gasteiger partial charge is 0.409 e. The van der Waals surface area contributed by atoms with Gasteiger partial charge in [0, 0.05) is 44.0 Å². The van der Waals surface area contributed by atoms with Crippen molar-refractivity contribution in [3.05, 3.63) is 11.8 Å². The number of ether oxygens (including phenoxy) is 1. The molecule has 1 aliphatic carbocycles. The summed E-state index contributed by atoms with van der Waals surface area (Å²) < 4.78 is 5.04. The van der Waals surface area contributed by atoms with Crippen molar-refractivity contribution in [2.24, 2.45) is 0 Å². The van der Waals surface area contributed by atoms with Crippen LogP contribution in [0.25, 0.3) is 0 Å². The van der Waals surface area contributed by atoms with E-state index in [9.17, 15) is 4.79 Å². The number of nitrogens with zero attached hydrogens (tertiary/aromatic N) is 4. The fourth-order valence-corrected chi connectivity index (χ4v) is 2.52. The number of hydrogen-bond donors (Lipinski definition) is 1. The molecule has 0 aromatic carbocycles. The fraction of sp³-hybridized carbons (Fsp3) is 0.667. The number of hydrogen-bond acceptors (Lipinski definition) is 6. The predicted octanol–water partition coefficient (Wildman–Crippen LogP) is 1.64. The number of aryl methyl sites for hydroxylation is 1. The van der Waals surface area contributed by atoms with Crippen LogP contribution in [0.2, 0.25) is 0 Å². The number of carbonyl (C=O) groups is 1. The van der Waals surface area contributed by atoms with Gasteiger partial charge in [-0.15, -0.1) is 0 Å². The number of aromatic nitrogens is 2. The fourth-order valence-electron chi connectivity index (χ4n) is 2.52. The molecule has 0 atom stereocenters. The molecule has 1 aliphatic heterocycles. The van der Waals surface area contributed by atoms with Crippen LogP contribution >= 0.6 is 0 Å². The highest BCUT2D eigenvalue weighted by molar-refractivity contribution is 5.68. The minimum atomic E-state index is -0.225. The summed E-state index contributed by atoms with van der Waals surface area (Å²) in [5.41, 5.74) is 0.959. The number of carbonyl (C=O) groups excluding carboxylic acids is 1. The van der Waals surface area contributed by atoms with Crippen LogP contribution in [-0.4, -0.2) is 59.8 Å². The summed E-state index contributed by atoms with van der Waals surface area (Å²) in [6, 6.07) is 2.54. The second-order valence-electron chi connectivity index (χ2n) is 5.78. The predicted molar refractivity (Wildman–Crippen MR) is 84.2 cm³/mol. The number of amides is 1. The van der Waals surface area contributed by atoms with Crippen molar-refractivity contribution >= 4 is 17.9 Å². The molecule has 22 heavy (non-hydrogen) atoms. The van der Waals surface area contributed by atoms with E-state index in [4.69, 9.17) is 4.74 Å². The molecule has 0 radical (unpaired) electrons. The maximum absolute atomic E-state index is 11.7. The van der Waals surface area contributed by atoms with E-state index in [2.05, 4.69) is 20.2 Å². The molecule has 7 heteroatoms. The van der Waals surface area contributed by atoms with Crippen molar-refractivity contribution in [2.45, 2.75) is 32.7 Å². The minimum absolute atomic E-state index is 0.225. The Morgan fingerprint density at radius 1 is 1.32 bits per heavy atom. The molecule has 7 nitrogen and oxygen atoms in total. The van der Waals surface area contributed by atoms with Crippen molar-refractivity contribution in [1.82, 2.24) is 14.9 Å². The van der Waals surface area contributed by atoms with E-state index in [0.29, 0.717) is 31.7 Å². The highest BCUT2D eigenvalue weighted by atomic mass is 16.6. The van der Waals surface area contributed by atoms with Crippen LogP contribution in [0, 0.1) is 6.92 Å². The molecule has 1 aromatic heterocycles. The number of anilines is 2. The Hall–Kier alpha value is -2.05. The number of nitrogens with one attached hydrogen (secondary N) is 1. The van der Waals surface area contributed by atoms with E-state index in [1.54, 1.807) is 4.90 Å². The normalized spacial score (nSPS) is 18.3. The van der Waals surface area contributed by atoms with E-state index in [1.165, 1.54) is 12.8 Å². The summed E-state index contributed by atoms with van der Waals surface area (Å²) in [4.78, 5) is 24.7. The lowest BCUT2D eigenvalue weighted by Crippen LogP contribution is -2.49. The lowest BCUT2D eigenvalue weighted by Gasteiger charge is -2.34. The van der Waals surface area contributed by atoms with Crippen molar-refractivity contribution in [3.8, 4) is 0 Å². The van der Waals surface area contributed by atoms with Crippen LogP contribution in [-0.2, 0) is 4.74 Å². The average molecular weight is 305 g/mol. The van der Waals surface area contributed by atoms with E-state index in [0.717, 1.165) is 24.6 Å². The molecule has 1 aromatic rings. The second-order valence-corrected chi connectivity index (χ2v) is 5.78. The van der Waals surface area contributed by atoms with E-state index >= 15 is 0 Å². The molecule has 1 saturated carbocycles. The third-order valence-electron chi connectivity index (χ3n) is 3.88. The first-order valence-corrected chi connectivity index (χ1v) is 7.94. The molecule has 2 heterocycles. The SMILES string of the molecule is CCOC(=O)N1CCN(c2cc(C)nc(NC3CC3)n2)CC1. The highest BCUT2D eigenvalue weighted by Gasteiger charge is 2.25. The van der Waals surface area contributed by atoms with Crippen molar-refractivity contribution in [2.75, 3.05) is 43.0 Å². The van der Waals surface area contributed by atoms with Gasteiger partial charge in [-0.05, 0) is 26.7 Å². The van der Waals surface area contributed by atoms with Crippen molar-refractivity contribution in [1.29, 1.82) is 0 Å². The second kappa shape index (κ2) is 6.37. The van der Waals surface area contributed by atoms with Gasteiger partial charge in [-0.3, -0.25) is 0 Å². The van der Waals surface area contributed by atoms with E-state index < -0.39 is 0 Å². The van der Waals surface area contributed by atoms with Gasteiger partial charge in [-0.25, -0.2) is 9.78 Å². The van der Waals surface area contributed by atoms with Gasteiger partial charge >= 0.3 is 6.09 Å². The summed E-state index contributed by atoms with van der Waals surface area (Å²) in [6.45, 7) is 7.07. The van der Waals surface area contributed by atoms with Gasteiger partial charge in [0.1, 0.15) is 5.82 Å². The summed E-state index contributed by atoms with van der Waals surface area (Å²) in [5.74, 6) is 1.64. The van der Waals surface area contributed by atoms with Crippen molar-refractivity contribution in [3.63, 3.8) is 0 Å². The molecular formula is C15H23N5O2. The molecule has 0 bridgehead atoms. The first kappa shape index (κ1) is 14.9. The number of piperazine rings is 1. The molecule has 120 valence electrons. The van der Waals surface area contributed by atoms with Crippen LogP contribution < -0.4 is 10.2 Å². The van der Waals surface area contributed by atoms with Crippen molar-refractivity contribution < 1.29 is 9.53 Å². The largest absolute Gasteiger partial charge is 0.450 e. The third-order valence-corrected chi connectivity index (χ3v) is 3.88. The molecule has 3 rings (SSSR count). The topological polar surface area (TPSA) is 70.6 Å². The van der Waals surface area contributed by atoms with Crippen LogP contribution in [0.3, 0.4) is 0 Å². The zero-order chi connectivity index (χ0) is 15.5. The molecule has 1 saturated heterocycles. The van der Waals surface area contributed by atoms with Gasteiger partial charge < -0.3 is 19.9 Å². The molecule has 1 amide bonds. The monoisotopic (exact) mass is 305 g/mol. The van der Waals surface area contributed by atoms with Gasteiger partial charge in [0.25, 0.3) is 0 Å². The van der Waals surface area contributed by atoms with Gasteiger partial charge in [-0.2, -0.15) is 4.98 Å². The third kappa shape index (κ3) is 3.58. The zero-order valence-electron chi connectivity index (χ0n) is 13.2. The molecular weight excluding hydrogens is 282 g/mol. The maximum atomic E-state index is 11.7. The van der Waals surface area contributed by atoms with E-state index in [-0.39, 0.29) is 6.09 Å². The summed E-state index contributed by atoms with van der Waals surface area (Å²) in [6.07, 6.45) is 2.17.